The van der Waals surface area contributed by atoms with Crippen LogP contribution in [-0.2, 0) is 10.9 Å². The molecule has 1 fully saturated rings. The maximum atomic E-state index is 12.9. The first kappa shape index (κ1) is 27.3. The normalized spacial score (nSPS) is 19.2. The van der Waals surface area contributed by atoms with E-state index >= 15 is 0 Å². The van der Waals surface area contributed by atoms with Gasteiger partial charge in [0.25, 0.3) is 0 Å². The Morgan fingerprint density at radius 1 is 1.19 bits per heavy atom. The molecular formula is C24H34F3N7O2. The van der Waals surface area contributed by atoms with Crippen molar-refractivity contribution < 1.29 is 22.7 Å². The van der Waals surface area contributed by atoms with Crippen LogP contribution in [0.5, 0.6) is 0 Å². The second-order valence-corrected chi connectivity index (χ2v) is 9.28. The molecule has 12 heteroatoms. The molecule has 198 valence electrons. The number of fused-ring (bicyclic) bond motifs is 1. The van der Waals surface area contributed by atoms with E-state index in [4.69, 9.17) is 4.74 Å². The van der Waals surface area contributed by atoms with Gasteiger partial charge in [0, 0.05) is 37.4 Å². The zero-order chi connectivity index (χ0) is 26.7. The summed E-state index contributed by atoms with van der Waals surface area (Å²) in [5, 5.41) is 6.71. The molecule has 9 nitrogen and oxygen atoms in total. The van der Waals surface area contributed by atoms with E-state index < -0.39 is 23.6 Å². The Bertz CT molecular complexity index is 1040. The lowest BCUT2D eigenvalue weighted by Gasteiger charge is -2.24. The van der Waals surface area contributed by atoms with E-state index in [1.807, 2.05) is 46.4 Å². The van der Waals surface area contributed by atoms with Gasteiger partial charge >= 0.3 is 12.3 Å². The number of alkyl halides is 3. The van der Waals surface area contributed by atoms with Crippen molar-refractivity contribution >= 4 is 23.4 Å². The molecule has 0 aromatic carbocycles. The standard InChI is InChI=1S/C22H28F3N7O2.C2H6/c1-5-32-18(13-6-7-15(26-10-13)22(23,24)25)30-16-17(27-12-28-19(16)32)29-14-8-9-31(11-14)20(33)34-21(2,3)4;1-2/h6-7,10,12,14,18,30H,5,8-9,11H2,1-4H3,(H,27,28,29);1-2H3. The third-order valence-corrected chi connectivity index (χ3v) is 5.61. The Kier molecular flexibility index (Phi) is 8.15. The second-order valence-electron chi connectivity index (χ2n) is 9.28. The van der Waals surface area contributed by atoms with Crippen LogP contribution in [0.15, 0.2) is 24.7 Å². The Labute approximate surface area is 209 Å². The number of hydrogen-bond acceptors (Lipinski definition) is 8. The molecule has 2 aliphatic heterocycles. The van der Waals surface area contributed by atoms with Crippen LogP contribution in [0.2, 0.25) is 0 Å². The molecule has 0 bridgehead atoms. The second kappa shape index (κ2) is 10.8. The van der Waals surface area contributed by atoms with E-state index in [1.165, 1.54) is 18.6 Å². The van der Waals surface area contributed by atoms with Crippen LogP contribution < -0.4 is 15.5 Å². The summed E-state index contributed by atoms with van der Waals surface area (Å²) in [7, 11) is 0. The third kappa shape index (κ3) is 6.08. The lowest BCUT2D eigenvalue weighted by atomic mass is 10.2. The van der Waals surface area contributed by atoms with Gasteiger partial charge in [0.1, 0.15) is 29.5 Å². The molecule has 2 aromatic heterocycles. The fourth-order valence-corrected chi connectivity index (χ4v) is 4.07. The SMILES string of the molecule is CC.CCN1c2ncnc(NC3CCN(C(=O)OC(C)(C)C)C3)c2NC1c1ccc(C(F)(F)F)nc1. The van der Waals surface area contributed by atoms with Gasteiger partial charge in [0.2, 0.25) is 0 Å². The molecule has 1 saturated heterocycles. The van der Waals surface area contributed by atoms with Gasteiger partial charge in [-0.2, -0.15) is 13.2 Å². The number of hydrogen-bond donors (Lipinski definition) is 2. The summed E-state index contributed by atoms with van der Waals surface area (Å²) in [5.41, 5.74) is -0.264. The summed E-state index contributed by atoms with van der Waals surface area (Å²) in [5.74, 6) is 1.22. The molecule has 2 atom stereocenters. The van der Waals surface area contributed by atoms with E-state index in [2.05, 4.69) is 25.6 Å². The first-order chi connectivity index (χ1) is 17.0. The predicted molar refractivity (Wildman–Crippen MR) is 132 cm³/mol. The Balaban J connectivity index is 0.00000176. The zero-order valence-electron chi connectivity index (χ0n) is 21.5. The number of nitrogens with one attached hydrogen (secondary N) is 2. The summed E-state index contributed by atoms with van der Waals surface area (Å²) < 4.78 is 44.2. The van der Waals surface area contributed by atoms with Gasteiger partial charge in [0.15, 0.2) is 11.6 Å². The number of amides is 1. The molecule has 0 saturated carbocycles. The summed E-state index contributed by atoms with van der Waals surface area (Å²) >= 11 is 0. The van der Waals surface area contributed by atoms with Crippen LogP contribution in [0.25, 0.3) is 0 Å². The summed E-state index contributed by atoms with van der Waals surface area (Å²) in [6.07, 6.45) is -1.89. The maximum absolute atomic E-state index is 12.9. The average molecular weight is 510 g/mol. The van der Waals surface area contributed by atoms with Gasteiger partial charge < -0.3 is 25.2 Å². The molecule has 2 aromatic rings. The number of aromatic nitrogens is 3. The number of carbonyl (C=O) groups is 1. The van der Waals surface area contributed by atoms with E-state index in [9.17, 15) is 18.0 Å². The van der Waals surface area contributed by atoms with Crippen molar-refractivity contribution in [2.75, 3.05) is 35.2 Å². The number of ether oxygens (including phenoxy) is 1. The van der Waals surface area contributed by atoms with Crippen molar-refractivity contribution in [1.82, 2.24) is 19.9 Å². The van der Waals surface area contributed by atoms with Crippen molar-refractivity contribution in [3.05, 3.63) is 35.9 Å². The molecular weight excluding hydrogens is 475 g/mol. The third-order valence-electron chi connectivity index (χ3n) is 5.61. The smallest absolute Gasteiger partial charge is 0.433 e. The molecule has 2 aliphatic rings. The number of rotatable bonds is 4. The highest BCUT2D eigenvalue weighted by atomic mass is 19.4. The van der Waals surface area contributed by atoms with Gasteiger partial charge in [-0.05, 0) is 40.2 Å². The largest absolute Gasteiger partial charge is 0.444 e. The number of carbonyl (C=O) groups excluding carboxylic acids is 1. The Hall–Kier alpha value is -3.31. The topological polar surface area (TPSA) is 95.5 Å². The summed E-state index contributed by atoms with van der Waals surface area (Å²) in [4.78, 5) is 28.3. The molecule has 0 aliphatic carbocycles. The minimum atomic E-state index is -4.49. The van der Waals surface area contributed by atoms with Crippen LogP contribution in [0.3, 0.4) is 0 Å². The van der Waals surface area contributed by atoms with Crippen LogP contribution in [0, 0.1) is 0 Å². The van der Waals surface area contributed by atoms with Crippen molar-refractivity contribution in [3.8, 4) is 0 Å². The summed E-state index contributed by atoms with van der Waals surface area (Å²) in [6.45, 7) is 13.0. The minimum Gasteiger partial charge on any atom is -0.444 e. The number of nitrogens with zero attached hydrogens (tertiary/aromatic N) is 5. The Morgan fingerprint density at radius 2 is 1.92 bits per heavy atom. The molecule has 2 unspecified atom stereocenters. The van der Waals surface area contributed by atoms with Crippen molar-refractivity contribution in [1.29, 1.82) is 0 Å². The Morgan fingerprint density at radius 3 is 2.50 bits per heavy atom. The number of likely N-dealkylation sites (tertiary alicyclic amines) is 1. The highest BCUT2D eigenvalue weighted by molar-refractivity contribution is 5.83. The van der Waals surface area contributed by atoms with Gasteiger partial charge in [-0.1, -0.05) is 19.9 Å². The van der Waals surface area contributed by atoms with E-state index in [-0.39, 0.29) is 12.1 Å². The van der Waals surface area contributed by atoms with E-state index in [0.717, 1.165) is 12.5 Å². The molecule has 1 amide bonds. The lowest BCUT2D eigenvalue weighted by Crippen LogP contribution is -2.36. The van der Waals surface area contributed by atoms with Crippen LogP contribution in [0.1, 0.15) is 65.4 Å². The quantitative estimate of drug-likeness (QED) is 0.574. The first-order valence-corrected chi connectivity index (χ1v) is 12.1. The first-order valence-electron chi connectivity index (χ1n) is 12.1. The maximum Gasteiger partial charge on any atom is 0.433 e. The number of halogens is 3. The average Bonchev–Trinajstić information content (AvgIpc) is 3.44. The molecule has 0 radical (unpaired) electrons. The van der Waals surface area contributed by atoms with Crippen molar-refractivity contribution in [3.63, 3.8) is 0 Å². The highest BCUT2D eigenvalue weighted by Crippen LogP contribution is 2.43. The molecule has 2 N–H and O–H groups in total. The molecule has 0 spiro atoms. The van der Waals surface area contributed by atoms with Gasteiger partial charge in [-0.3, -0.25) is 4.98 Å². The van der Waals surface area contributed by atoms with E-state index in [1.54, 1.807) is 4.90 Å². The summed E-state index contributed by atoms with van der Waals surface area (Å²) in [6, 6.07) is 2.36. The molecule has 36 heavy (non-hydrogen) atoms. The van der Waals surface area contributed by atoms with Crippen LogP contribution >= 0.6 is 0 Å². The van der Waals surface area contributed by atoms with Gasteiger partial charge in [-0.25, -0.2) is 14.8 Å². The lowest BCUT2D eigenvalue weighted by molar-refractivity contribution is -0.141. The monoisotopic (exact) mass is 509 g/mol. The number of anilines is 3. The van der Waals surface area contributed by atoms with E-state index in [0.29, 0.717) is 42.5 Å². The fourth-order valence-electron chi connectivity index (χ4n) is 4.07. The highest BCUT2D eigenvalue weighted by Gasteiger charge is 2.36. The minimum absolute atomic E-state index is 0.0322. The van der Waals surface area contributed by atoms with Crippen LogP contribution in [0.4, 0.5) is 35.3 Å². The van der Waals surface area contributed by atoms with Crippen LogP contribution in [-0.4, -0.2) is 57.2 Å². The van der Waals surface area contributed by atoms with Gasteiger partial charge in [0.05, 0.1) is 0 Å². The predicted octanol–water partition coefficient (Wildman–Crippen LogP) is 5.29. The number of pyridine rings is 1. The molecule has 4 heterocycles. The van der Waals surface area contributed by atoms with Crippen molar-refractivity contribution in [2.24, 2.45) is 0 Å². The zero-order valence-corrected chi connectivity index (χ0v) is 21.5. The van der Waals surface area contributed by atoms with Gasteiger partial charge in [-0.15, -0.1) is 0 Å². The fraction of sp³-hybridized carbons (Fsp3) is 0.583. The van der Waals surface area contributed by atoms with Crippen molar-refractivity contribution in [2.45, 2.75) is 71.9 Å². The molecule has 4 rings (SSSR count).